The summed E-state index contributed by atoms with van der Waals surface area (Å²) in [7, 11) is 0. The number of anilines is 2. The lowest BCUT2D eigenvalue weighted by Crippen LogP contribution is -2.24. The molecule has 9 heteroatoms. The van der Waals surface area contributed by atoms with E-state index in [1.165, 1.54) is 4.68 Å². The maximum absolute atomic E-state index is 12.5. The SMILES string of the molecule is CCCCOc1ccc(NC(=O)Nc2cc(C)nn2-c2nc(C)c(CC)c(=O)[nH]2)cc1. The molecule has 0 spiro atoms. The Hall–Kier alpha value is -3.62. The van der Waals surface area contributed by atoms with Crippen LogP contribution in [0.4, 0.5) is 16.3 Å². The molecule has 3 rings (SSSR count). The zero-order valence-electron chi connectivity index (χ0n) is 18.3. The van der Waals surface area contributed by atoms with Gasteiger partial charge >= 0.3 is 6.03 Å². The van der Waals surface area contributed by atoms with E-state index in [1.807, 2.05) is 19.1 Å². The minimum Gasteiger partial charge on any atom is -0.494 e. The second-order valence-corrected chi connectivity index (χ2v) is 7.20. The Kier molecular flexibility index (Phi) is 7.07. The van der Waals surface area contributed by atoms with Crippen LogP contribution in [0.25, 0.3) is 5.95 Å². The highest BCUT2D eigenvalue weighted by Gasteiger charge is 2.15. The van der Waals surface area contributed by atoms with Crippen LogP contribution in [0, 0.1) is 13.8 Å². The summed E-state index contributed by atoms with van der Waals surface area (Å²) < 4.78 is 7.04. The summed E-state index contributed by atoms with van der Waals surface area (Å²) >= 11 is 0. The van der Waals surface area contributed by atoms with E-state index in [2.05, 4.69) is 32.6 Å². The predicted octanol–water partition coefficient (Wildman–Crippen LogP) is 3.96. The molecule has 0 radical (unpaired) electrons. The van der Waals surface area contributed by atoms with Crippen LogP contribution in [0.5, 0.6) is 5.75 Å². The Morgan fingerprint density at radius 3 is 2.55 bits per heavy atom. The van der Waals surface area contributed by atoms with E-state index < -0.39 is 6.03 Å². The maximum Gasteiger partial charge on any atom is 0.324 e. The molecule has 2 aromatic heterocycles. The van der Waals surface area contributed by atoms with E-state index in [1.54, 1.807) is 32.0 Å². The first-order chi connectivity index (χ1) is 14.9. The van der Waals surface area contributed by atoms with Gasteiger partial charge in [0.2, 0.25) is 5.95 Å². The molecule has 0 aliphatic heterocycles. The highest BCUT2D eigenvalue weighted by atomic mass is 16.5. The van der Waals surface area contributed by atoms with Gasteiger partial charge in [0.15, 0.2) is 0 Å². The summed E-state index contributed by atoms with van der Waals surface area (Å²) in [6.07, 6.45) is 2.65. The van der Waals surface area contributed by atoms with Crippen molar-refractivity contribution in [3.63, 3.8) is 0 Å². The number of benzene rings is 1. The molecule has 1 aromatic carbocycles. The number of H-pyrrole nitrogens is 1. The van der Waals surface area contributed by atoms with Crippen molar-refractivity contribution >= 4 is 17.5 Å². The standard InChI is InChI=1S/C22H28N6O3/c1-5-7-12-31-17-10-8-16(9-11-17)24-22(30)25-19-13-14(3)27-28(19)21-23-15(4)18(6-2)20(29)26-21/h8-11,13H,5-7,12H2,1-4H3,(H,23,26,29)(H2,24,25,30). The molecule has 3 aromatic rings. The van der Waals surface area contributed by atoms with Crippen LogP contribution in [-0.2, 0) is 6.42 Å². The van der Waals surface area contributed by atoms with Gasteiger partial charge in [0.05, 0.1) is 12.3 Å². The second kappa shape index (κ2) is 9.92. The molecule has 164 valence electrons. The summed E-state index contributed by atoms with van der Waals surface area (Å²) in [5.41, 5.74) is 2.34. The molecule has 9 nitrogen and oxygen atoms in total. The van der Waals surface area contributed by atoms with Gasteiger partial charge in [0.25, 0.3) is 5.56 Å². The van der Waals surface area contributed by atoms with Crippen LogP contribution >= 0.6 is 0 Å². The van der Waals surface area contributed by atoms with E-state index in [9.17, 15) is 9.59 Å². The van der Waals surface area contributed by atoms with E-state index in [4.69, 9.17) is 4.74 Å². The lowest BCUT2D eigenvalue weighted by Gasteiger charge is -2.11. The number of aryl methyl sites for hydroxylation is 2. The lowest BCUT2D eigenvalue weighted by atomic mass is 10.2. The fourth-order valence-electron chi connectivity index (χ4n) is 3.11. The molecule has 0 atom stereocenters. The number of unbranched alkanes of at least 4 members (excludes halogenated alkanes) is 1. The molecule has 2 heterocycles. The largest absolute Gasteiger partial charge is 0.494 e. The van der Waals surface area contributed by atoms with Crippen molar-refractivity contribution in [2.45, 2.75) is 47.0 Å². The topological polar surface area (TPSA) is 114 Å². The molecule has 3 N–H and O–H groups in total. The van der Waals surface area contributed by atoms with Crippen molar-refractivity contribution in [1.29, 1.82) is 0 Å². The Morgan fingerprint density at radius 1 is 1.16 bits per heavy atom. The van der Waals surface area contributed by atoms with Gasteiger partial charge in [-0.15, -0.1) is 0 Å². The number of hydrogen-bond acceptors (Lipinski definition) is 5. The highest BCUT2D eigenvalue weighted by Crippen LogP contribution is 2.18. The molecule has 0 saturated carbocycles. The minimum atomic E-state index is -0.440. The van der Waals surface area contributed by atoms with Gasteiger partial charge in [-0.2, -0.15) is 9.78 Å². The van der Waals surface area contributed by atoms with E-state index in [0.29, 0.717) is 41.5 Å². The number of aromatic amines is 1. The number of urea groups is 1. The average Bonchev–Trinajstić information content (AvgIpc) is 3.09. The predicted molar refractivity (Wildman–Crippen MR) is 120 cm³/mol. The maximum atomic E-state index is 12.5. The van der Waals surface area contributed by atoms with Gasteiger partial charge in [-0.1, -0.05) is 20.3 Å². The summed E-state index contributed by atoms with van der Waals surface area (Å²) in [6.45, 7) is 8.25. The molecule has 2 amide bonds. The number of nitrogens with zero attached hydrogens (tertiary/aromatic N) is 3. The Labute approximate surface area is 180 Å². The fraction of sp³-hybridized carbons (Fsp3) is 0.364. The summed E-state index contributed by atoms with van der Waals surface area (Å²) in [5.74, 6) is 1.40. The Balaban J connectivity index is 1.72. The average molecular weight is 425 g/mol. The van der Waals surface area contributed by atoms with E-state index in [-0.39, 0.29) is 11.5 Å². The fourth-order valence-corrected chi connectivity index (χ4v) is 3.11. The molecular weight excluding hydrogens is 396 g/mol. The molecule has 0 aliphatic carbocycles. The number of carbonyl (C=O) groups excluding carboxylic acids is 1. The van der Waals surface area contributed by atoms with Crippen molar-refractivity contribution in [3.05, 3.63) is 57.6 Å². The number of carbonyl (C=O) groups is 1. The number of ether oxygens (including phenoxy) is 1. The zero-order chi connectivity index (χ0) is 22.4. The summed E-state index contributed by atoms with van der Waals surface area (Å²) in [6, 6.07) is 8.43. The van der Waals surface area contributed by atoms with Crippen LogP contribution < -0.4 is 20.9 Å². The lowest BCUT2D eigenvalue weighted by molar-refractivity contribution is 0.262. The van der Waals surface area contributed by atoms with Gasteiger partial charge in [-0.3, -0.25) is 15.1 Å². The van der Waals surface area contributed by atoms with Crippen LogP contribution in [-0.4, -0.2) is 32.4 Å². The van der Waals surface area contributed by atoms with Gasteiger partial charge < -0.3 is 10.1 Å². The quantitative estimate of drug-likeness (QED) is 0.474. The van der Waals surface area contributed by atoms with Crippen LogP contribution in [0.2, 0.25) is 0 Å². The molecular formula is C22H28N6O3. The second-order valence-electron chi connectivity index (χ2n) is 7.20. The van der Waals surface area contributed by atoms with Gasteiger partial charge in [0, 0.05) is 23.0 Å². The molecule has 0 bridgehead atoms. The molecule has 0 saturated heterocycles. The van der Waals surface area contributed by atoms with Crippen molar-refractivity contribution in [2.24, 2.45) is 0 Å². The van der Waals surface area contributed by atoms with Crippen molar-refractivity contribution < 1.29 is 9.53 Å². The first-order valence-electron chi connectivity index (χ1n) is 10.4. The van der Waals surface area contributed by atoms with E-state index in [0.717, 1.165) is 18.6 Å². The number of aromatic nitrogens is 4. The zero-order valence-corrected chi connectivity index (χ0v) is 18.3. The Morgan fingerprint density at radius 2 is 1.90 bits per heavy atom. The van der Waals surface area contributed by atoms with Crippen molar-refractivity contribution in [2.75, 3.05) is 17.2 Å². The van der Waals surface area contributed by atoms with Crippen molar-refractivity contribution in [1.82, 2.24) is 19.7 Å². The minimum absolute atomic E-state index is 0.213. The number of rotatable bonds is 8. The van der Waals surface area contributed by atoms with Crippen LogP contribution in [0.3, 0.4) is 0 Å². The van der Waals surface area contributed by atoms with E-state index >= 15 is 0 Å². The number of amides is 2. The van der Waals surface area contributed by atoms with Gasteiger partial charge in [-0.25, -0.2) is 9.78 Å². The summed E-state index contributed by atoms with van der Waals surface area (Å²) in [4.78, 5) is 32.0. The highest BCUT2D eigenvalue weighted by molar-refractivity contribution is 5.99. The molecule has 0 fully saturated rings. The number of hydrogen-bond donors (Lipinski definition) is 3. The first-order valence-corrected chi connectivity index (χ1v) is 10.4. The monoisotopic (exact) mass is 424 g/mol. The molecule has 0 unspecified atom stereocenters. The molecule has 0 aliphatic rings. The van der Waals surface area contributed by atoms with Crippen molar-refractivity contribution in [3.8, 4) is 11.7 Å². The Bertz CT molecular complexity index is 1100. The third kappa shape index (κ3) is 5.50. The normalized spacial score (nSPS) is 10.7. The van der Waals surface area contributed by atoms with Gasteiger partial charge in [-0.05, 0) is 51.0 Å². The first kappa shape index (κ1) is 22.1. The van der Waals surface area contributed by atoms with Gasteiger partial charge in [0.1, 0.15) is 11.6 Å². The third-order valence-corrected chi connectivity index (χ3v) is 4.72. The van der Waals surface area contributed by atoms with Crippen LogP contribution in [0.1, 0.15) is 43.6 Å². The summed E-state index contributed by atoms with van der Waals surface area (Å²) in [5, 5.41) is 9.89. The van der Waals surface area contributed by atoms with Crippen LogP contribution in [0.15, 0.2) is 35.1 Å². The number of nitrogens with one attached hydrogen (secondary N) is 3. The molecule has 31 heavy (non-hydrogen) atoms. The third-order valence-electron chi connectivity index (χ3n) is 4.72. The smallest absolute Gasteiger partial charge is 0.324 e.